The molecule has 0 amide bonds. The lowest BCUT2D eigenvalue weighted by Crippen LogP contribution is -2.14. The molecule has 1 aliphatic rings. The number of Topliss-reactive ketones (excluding diaryl/α,β-unsaturated/α-hetero) is 1. The van der Waals surface area contributed by atoms with Crippen molar-refractivity contribution >= 4 is 17.8 Å². The quantitative estimate of drug-likeness (QED) is 0.384. The summed E-state index contributed by atoms with van der Waals surface area (Å²) in [6, 6.07) is 10.1. The van der Waals surface area contributed by atoms with Crippen molar-refractivity contribution in [2.75, 3.05) is 27.4 Å². The number of ether oxygens (including phenoxy) is 5. The first kappa shape index (κ1) is 20.0. The zero-order chi connectivity index (χ0) is 20.8. The van der Waals surface area contributed by atoms with E-state index in [9.17, 15) is 9.59 Å². The molecular weight excluding hydrogens is 376 g/mol. The van der Waals surface area contributed by atoms with E-state index in [0.717, 1.165) is 0 Å². The van der Waals surface area contributed by atoms with E-state index in [1.54, 1.807) is 42.5 Å². The van der Waals surface area contributed by atoms with Gasteiger partial charge >= 0.3 is 5.97 Å². The summed E-state index contributed by atoms with van der Waals surface area (Å²) in [4.78, 5) is 24.2. The van der Waals surface area contributed by atoms with Gasteiger partial charge in [-0.05, 0) is 24.3 Å². The Balaban J connectivity index is 1.78. The van der Waals surface area contributed by atoms with Crippen molar-refractivity contribution in [3.8, 4) is 23.0 Å². The first-order valence-electron chi connectivity index (χ1n) is 8.76. The van der Waals surface area contributed by atoms with E-state index in [1.165, 1.54) is 20.3 Å². The number of fused-ring (bicyclic) bond motifs is 1. The predicted molar refractivity (Wildman–Crippen MR) is 106 cm³/mol. The molecule has 1 aliphatic heterocycles. The van der Waals surface area contributed by atoms with Crippen LogP contribution in [0.4, 0.5) is 0 Å². The molecule has 0 radical (unpaired) electrons. The lowest BCUT2D eigenvalue weighted by molar-refractivity contribution is -0.144. The number of carbonyl (C=O) groups is 2. The number of hydrogen-bond donors (Lipinski definition) is 0. The highest BCUT2D eigenvalue weighted by atomic mass is 16.6. The third-order valence-electron chi connectivity index (χ3n) is 4.08. The Morgan fingerprint density at radius 1 is 1.17 bits per heavy atom. The minimum Gasteiger partial charge on any atom is -0.493 e. The number of hydrogen-bond acceptors (Lipinski definition) is 7. The molecule has 2 aromatic rings. The van der Waals surface area contributed by atoms with Crippen LogP contribution >= 0.6 is 0 Å². The molecule has 3 rings (SSSR count). The van der Waals surface area contributed by atoms with Crippen LogP contribution in [0.2, 0.25) is 0 Å². The van der Waals surface area contributed by atoms with Crippen LogP contribution in [0.15, 0.2) is 54.8 Å². The first-order valence-corrected chi connectivity index (χ1v) is 8.76. The van der Waals surface area contributed by atoms with Crippen molar-refractivity contribution in [3.05, 3.63) is 65.9 Å². The van der Waals surface area contributed by atoms with Crippen molar-refractivity contribution < 1.29 is 33.3 Å². The maximum absolute atomic E-state index is 12.7. The number of ketones is 1. The summed E-state index contributed by atoms with van der Waals surface area (Å²) in [7, 11) is 3.06. The summed E-state index contributed by atoms with van der Waals surface area (Å²) in [5, 5.41) is 0. The van der Waals surface area contributed by atoms with E-state index in [-0.39, 0.29) is 24.8 Å². The molecule has 29 heavy (non-hydrogen) atoms. The molecule has 0 N–H and O–H groups in total. The molecule has 0 spiro atoms. The molecule has 0 saturated carbocycles. The first-order chi connectivity index (χ1) is 14.1. The van der Waals surface area contributed by atoms with Crippen molar-refractivity contribution in [1.82, 2.24) is 0 Å². The van der Waals surface area contributed by atoms with Gasteiger partial charge in [0.25, 0.3) is 0 Å². The molecule has 1 heterocycles. The minimum atomic E-state index is -0.520. The average molecular weight is 396 g/mol. The van der Waals surface area contributed by atoms with Crippen molar-refractivity contribution in [1.29, 1.82) is 0 Å². The molecule has 7 heteroatoms. The van der Waals surface area contributed by atoms with Gasteiger partial charge in [-0.15, -0.1) is 0 Å². The van der Waals surface area contributed by atoms with Crippen LogP contribution < -0.4 is 18.9 Å². The Labute approximate surface area is 168 Å². The maximum atomic E-state index is 12.7. The minimum absolute atomic E-state index is 0.117. The molecule has 0 bridgehead atoms. The third kappa shape index (κ3) is 4.40. The van der Waals surface area contributed by atoms with Gasteiger partial charge in [0.1, 0.15) is 18.1 Å². The number of methoxy groups -OCH3 is 2. The highest BCUT2D eigenvalue weighted by Crippen LogP contribution is 2.37. The fraction of sp³-hybridized carbons (Fsp3) is 0.182. The van der Waals surface area contributed by atoms with Crippen LogP contribution in [0, 0.1) is 0 Å². The van der Waals surface area contributed by atoms with Gasteiger partial charge in [-0.2, -0.15) is 0 Å². The monoisotopic (exact) mass is 396 g/mol. The number of allylic oxidation sites excluding steroid dienone is 1. The van der Waals surface area contributed by atoms with Gasteiger partial charge in [0.2, 0.25) is 5.78 Å². The number of esters is 1. The predicted octanol–water partition coefficient (Wildman–Crippen LogP) is 3.43. The summed E-state index contributed by atoms with van der Waals surface area (Å²) in [5.41, 5.74) is 1.05. The zero-order valence-corrected chi connectivity index (χ0v) is 16.1. The third-order valence-corrected chi connectivity index (χ3v) is 4.08. The molecule has 0 fully saturated rings. The van der Waals surface area contributed by atoms with E-state index in [2.05, 4.69) is 6.58 Å². The van der Waals surface area contributed by atoms with Crippen LogP contribution in [0.3, 0.4) is 0 Å². The van der Waals surface area contributed by atoms with Gasteiger partial charge in [-0.25, -0.2) is 4.79 Å². The van der Waals surface area contributed by atoms with Crippen LogP contribution in [-0.4, -0.2) is 39.2 Å². The Bertz CT molecular complexity index is 975. The number of para-hydroxylation sites is 1. The summed E-state index contributed by atoms with van der Waals surface area (Å²) < 4.78 is 26.6. The Kier molecular flexibility index (Phi) is 6.19. The lowest BCUT2D eigenvalue weighted by Gasteiger charge is -2.10. The highest BCUT2D eigenvalue weighted by molar-refractivity contribution is 6.14. The van der Waals surface area contributed by atoms with Crippen LogP contribution in [-0.2, 0) is 9.53 Å². The second-order valence-electron chi connectivity index (χ2n) is 5.94. The topological polar surface area (TPSA) is 80.3 Å². The van der Waals surface area contributed by atoms with Crippen LogP contribution in [0.25, 0.3) is 6.08 Å². The molecule has 7 nitrogen and oxygen atoms in total. The molecular formula is C22H20O7. The molecule has 0 aliphatic carbocycles. The second kappa shape index (κ2) is 8.97. The standard InChI is InChI=1S/C22H20O7/c1-4-10-27-20(23)13-28-15-8-9-16-18(12-15)29-19(21(16)24)11-14-6-5-7-17(25-2)22(14)26-3/h4-9,11-12H,1,10,13H2,2-3H3/b19-11+. The maximum Gasteiger partial charge on any atom is 0.344 e. The van der Waals surface area contributed by atoms with Crippen molar-refractivity contribution in [2.45, 2.75) is 0 Å². The van der Waals surface area contributed by atoms with Gasteiger partial charge in [-0.1, -0.05) is 24.8 Å². The largest absolute Gasteiger partial charge is 0.493 e. The summed E-state index contributed by atoms with van der Waals surface area (Å²) in [6.07, 6.45) is 3.06. The van der Waals surface area contributed by atoms with Crippen LogP contribution in [0.1, 0.15) is 15.9 Å². The smallest absolute Gasteiger partial charge is 0.344 e. The summed E-state index contributed by atoms with van der Waals surface area (Å²) in [5.74, 6) is 1.14. The van der Waals surface area contributed by atoms with E-state index in [4.69, 9.17) is 23.7 Å². The fourth-order valence-electron chi connectivity index (χ4n) is 2.76. The number of benzene rings is 2. The Morgan fingerprint density at radius 3 is 2.72 bits per heavy atom. The van der Waals surface area contributed by atoms with Crippen LogP contribution in [0.5, 0.6) is 23.0 Å². The normalized spacial score (nSPS) is 13.4. The molecule has 150 valence electrons. The van der Waals surface area contributed by atoms with Gasteiger partial charge < -0.3 is 23.7 Å². The lowest BCUT2D eigenvalue weighted by atomic mass is 10.1. The van der Waals surface area contributed by atoms with Crippen molar-refractivity contribution in [3.63, 3.8) is 0 Å². The zero-order valence-electron chi connectivity index (χ0n) is 16.1. The van der Waals surface area contributed by atoms with E-state index in [1.807, 2.05) is 0 Å². The molecule has 0 saturated heterocycles. The van der Waals surface area contributed by atoms with Gasteiger partial charge in [0.15, 0.2) is 23.9 Å². The SMILES string of the molecule is C=CCOC(=O)COc1ccc2c(c1)O/C(=C/c1cccc(OC)c1OC)C2=O. The number of carbonyl (C=O) groups excluding carboxylic acids is 2. The van der Waals surface area contributed by atoms with Gasteiger partial charge in [-0.3, -0.25) is 4.79 Å². The van der Waals surface area contributed by atoms with E-state index in [0.29, 0.717) is 34.1 Å². The number of rotatable bonds is 8. The fourth-order valence-corrected chi connectivity index (χ4v) is 2.76. The Morgan fingerprint density at radius 2 is 2.00 bits per heavy atom. The van der Waals surface area contributed by atoms with Gasteiger partial charge in [0.05, 0.1) is 19.8 Å². The van der Waals surface area contributed by atoms with E-state index >= 15 is 0 Å². The highest BCUT2D eigenvalue weighted by Gasteiger charge is 2.28. The molecule has 0 atom stereocenters. The molecule has 2 aromatic carbocycles. The molecule has 0 unspecified atom stereocenters. The van der Waals surface area contributed by atoms with Crippen molar-refractivity contribution in [2.24, 2.45) is 0 Å². The van der Waals surface area contributed by atoms with Gasteiger partial charge in [0, 0.05) is 11.6 Å². The average Bonchev–Trinajstić information content (AvgIpc) is 3.05. The molecule has 0 aromatic heterocycles. The second-order valence-corrected chi connectivity index (χ2v) is 5.94. The summed E-state index contributed by atoms with van der Waals surface area (Å²) in [6.45, 7) is 3.33. The van der Waals surface area contributed by atoms with E-state index < -0.39 is 5.97 Å². The summed E-state index contributed by atoms with van der Waals surface area (Å²) >= 11 is 0. The Hall–Kier alpha value is -3.74.